The predicted molar refractivity (Wildman–Crippen MR) is 89.8 cm³/mol. The van der Waals surface area contributed by atoms with Gasteiger partial charge in [-0.1, -0.05) is 11.2 Å². The summed E-state index contributed by atoms with van der Waals surface area (Å²) in [7, 11) is 0. The summed E-state index contributed by atoms with van der Waals surface area (Å²) in [6.45, 7) is 2.46. The molecule has 2 aromatic heterocycles. The Bertz CT molecular complexity index is 641. The molecule has 0 spiro atoms. The van der Waals surface area contributed by atoms with E-state index in [2.05, 4.69) is 15.0 Å². The minimum atomic E-state index is -0.500. The summed E-state index contributed by atoms with van der Waals surface area (Å²) >= 11 is 1.67. The van der Waals surface area contributed by atoms with Crippen LogP contribution >= 0.6 is 11.3 Å². The van der Waals surface area contributed by atoms with Gasteiger partial charge in [0, 0.05) is 17.3 Å². The average molecular weight is 349 g/mol. The monoisotopic (exact) mass is 349 g/mol. The third-order valence-electron chi connectivity index (χ3n) is 4.63. The average Bonchev–Trinajstić information content (AvgIpc) is 2.98. The first-order valence-electron chi connectivity index (χ1n) is 8.65. The Hall–Kier alpha value is -1.28. The third-order valence-corrected chi connectivity index (χ3v) is 5.48. The number of β-amino-alcohol motifs (C(OH)–C–C–N with tert-alkyl or cyclic N) is 1. The van der Waals surface area contributed by atoms with Crippen molar-refractivity contribution in [1.82, 2.24) is 15.0 Å². The van der Waals surface area contributed by atoms with Crippen molar-refractivity contribution in [2.24, 2.45) is 0 Å². The topological polar surface area (TPSA) is 71.6 Å². The van der Waals surface area contributed by atoms with E-state index in [1.54, 1.807) is 11.3 Å². The maximum Gasteiger partial charge on any atom is 0.229 e. The van der Waals surface area contributed by atoms with Gasteiger partial charge >= 0.3 is 0 Å². The van der Waals surface area contributed by atoms with Crippen molar-refractivity contribution in [2.45, 2.75) is 50.4 Å². The van der Waals surface area contributed by atoms with Gasteiger partial charge in [0.15, 0.2) is 5.82 Å². The lowest BCUT2D eigenvalue weighted by Crippen LogP contribution is -2.35. The Morgan fingerprint density at radius 3 is 3.12 bits per heavy atom. The number of rotatable bonds is 8. The number of likely N-dealkylation sites (tertiary alicyclic amines) is 1. The molecule has 1 saturated heterocycles. The molecule has 6 nitrogen and oxygen atoms in total. The molecular formula is C17H23N3O3S. The molecule has 2 atom stereocenters. The summed E-state index contributed by atoms with van der Waals surface area (Å²) in [5.74, 6) is 2.05. The number of thiophene rings is 1. The van der Waals surface area contributed by atoms with Crippen molar-refractivity contribution in [2.75, 3.05) is 19.7 Å². The number of aliphatic hydroxyl groups excluding tert-OH is 1. The summed E-state index contributed by atoms with van der Waals surface area (Å²) in [5.41, 5.74) is 0. The highest BCUT2D eigenvalue weighted by molar-refractivity contribution is 7.09. The molecule has 1 N–H and O–H groups in total. The van der Waals surface area contributed by atoms with Crippen LogP contribution in [0.25, 0.3) is 0 Å². The van der Waals surface area contributed by atoms with Gasteiger partial charge in [0.05, 0.1) is 25.4 Å². The van der Waals surface area contributed by atoms with Gasteiger partial charge < -0.3 is 14.4 Å². The molecule has 0 amide bonds. The molecule has 130 valence electrons. The molecule has 4 rings (SSSR count). The molecule has 0 aromatic carbocycles. The standard InChI is InChI=1S/C17H23N3O3S/c21-13(10-22-11-14-3-2-8-24-14)9-20-7-1-4-15(20)16-18-17(23-19-16)12-5-6-12/h2-3,8,12-13,15,21H,1,4-7,9-11H2. The summed E-state index contributed by atoms with van der Waals surface area (Å²) in [6.07, 6.45) is 3.94. The fraction of sp³-hybridized carbons (Fsp3) is 0.647. The van der Waals surface area contributed by atoms with Crippen molar-refractivity contribution in [3.8, 4) is 0 Å². The zero-order valence-electron chi connectivity index (χ0n) is 13.6. The van der Waals surface area contributed by atoms with Crippen molar-refractivity contribution in [3.63, 3.8) is 0 Å². The van der Waals surface area contributed by atoms with Crippen LogP contribution in [0.3, 0.4) is 0 Å². The Morgan fingerprint density at radius 2 is 2.33 bits per heavy atom. The van der Waals surface area contributed by atoms with Crippen LogP contribution in [0, 0.1) is 0 Å². The lowest BCUT2D eigenvalue weighted by molar-refractivity contribution is 0.00785. The molecule has 0 bridgehead atoms. The highest BCUT2D eigenvalue weighted by Gasteiger charge is 2.34. The first-order chi connectivity index (χ1) is 11.8. The fourth-order valence-electron chi connectivity index (χ4n) is 3.23. The highest BCUT2D eigenvalue weighted by Crippen LogP contribution is 2.40. The SMILES string of the molecule is OC(COCc1cccs1)CN1CCCC1c1noc(C2CC2)n1. The van der Waals surface area contributed by atoms with Crippen LogP contribution in [0.2, 0.25) is 0 Å². The van der Waals surface area contributed by atoms with Gasteiger partial charge in [0.1, 0.15) is 0 Å². The quantitative estimate of drug-likeness (QED) is 0.790. The molecule has 0 radical (unpaired) electrons. The molecular weight excluding hydrogens is 326 g/mol. The molecule has 2 aliphatic rings. The Labute approximate surface area is 145 Å². The number of nitrogens with zero attached hydrogens (tertiary/aromatic N) is 3. The Kier molecular flexibility index (Phi) is 4.93. The summed E-state index contributed by atoms with van der Waals surface area (Å²) < 4.78 is 11.0. The van der Waals surface area contributed by atoms with Gasteiger partial charge in [-0.3, -0.25) is 4.90 Å². The van der Waals surface area contributed by atoms with Crippen molar-refractivity contribution >= 4 is 11.3 Å². The second-order valence-corrected chi connectivity index (χ2v) is 7.70. The molecule has 3 heterocycles. The first-order valence-corrected chi connectivity index (χ1v) is 9.53. The molecule has 2 fully saturated rings. The molecule has 1 aliphatic carbocycles. The smallest absolute Gasteiger partial charge is 0.229 e. The maximum absolute atomic E-state index is 10.3. The zero-order valence-corrected chi connectivity index (χ0v) is 14.5. The number of hydrogen-bond acceptors (Lipinski definition) is 7. The van der Waals surface area contributed by atoms with Crippen molar-refractivity contribution in [1.29, 1.82) is 0 Å². The van der Waals surface area contributed by atoms with Crippen LogP contribution in [0.5, 0.6) is 0 Å². The summed E-state index contributed by atoms with van der Waals surface area (Å²) in [4.78, 5) is 8.01. The minimum Gasteiger partial charge on any atom is -0.389 e. The second kappa shape index (κ2) is 7.31. The third kappa shape index (κ3) is 3.85. The van der Waals surface area contributed by atoms with Crippen LogP contribution in [0.4, 0.5) is 0 Å². The van der Waals surface area contributed by atoms with E-state index in [9.17, 15) is 5.11 Å². The highest BCUT2D eigenvalue weighted by atomic mass is 32.1. The number of hydrogen-bond donors (Lipinski definition) is 1. The van der Waals surface area contributed by atoms with Crippen molar-refractivity contribution in [3.05, 3.63) is 34.1 Å². The van der Waals surface area contributed by atoms with Gasteiger partial charge in [-0.2, -0.15) is 4.98 Å². The molecule has 24 heavy (non-hydrogen) atoms. The fourth-order valence-corrected chi connectivity index (χ4v) is 3.87. The normalized spacial score (nSPS) is 23.0. The van der Waals surface area contributed by atoms with Crippen LogP contribution in [0.1, 0.15) is 54.2 Å². The van der Waals surface area contributed by atoms with Gasteiger partial charge in [-0.05, 0) is 43.7 Å². The largest absolute Gasteiger partial charge is 0.389 e. The van der Waals surface area contributed by atoms with E-state index in [1.807, 2.05) is 17.5 Å². The molecule has 7 heteroatoms. The maximum atomic E-state index is 10.3. The van der Waals surface area contributed by atoms with Gasteiger partial charge in [-0.25, -0.2) is 0 Å². The van der Waals surface area contributed by atoms with Gasteiger partial charge in [0.2, 0.25) is 5.89 Å². The molecule has 2 aromatic rings. The van der Waals surface area contributed by atoms with Gasteiger partial charge in [-0.15, -0.1) is 11.3 Å². The van der Waals surface area contributed by atoms with E-state index >= 15 is 0 Å². The van der Waals surface area contributed by atoms with E-state index in [0.717, 1.165) is 43.9 Å². The van der Waals surface area contributed by atoms with Crippen molar-refractivity contribution < 1.29 is 14.4 Å². The molecule has 2 unspecified atom stereocenters. The lowest BCUT2D eigenvalue weighted by atomic mass is 10.2. The molecule has 1 saturated carbocycles. The molecule has 1 aliphatic heterocycles. The zero-order chi connectivity index (χ0) is 16.4. The van der Waals surface area contributed by atoms with E-state index in [0.29, 0.717) is 25.7 Å². The van der Waals surface area contributed by atoms with Crippen LogP contribution < -0.4 is 0 Å². The van der Waals surface area contributed by atoms with E-state index in [-0.39, 0.29) is 6.04 Å². The van der Waals surface area contributed by atoms with Crippen LogP contribution in [-0.2, 0) is 11.3 Å². The minimum absolute atomic E-state index is 0.160. The Morgan fingerprint density at radius 1 is 1.42 bits per heavy atom. The van der Waals surface area contributed by atoms with Crippen LogP contribution in [0.15, 0.2) is 22.0 Å². The summed E-state index contributed by atoms with van der Waals surface area (Å²) in [6, 6.07) is 4.21. The number of aliphatic hydroxyl groups is 1. The summed E-state index contributed by atoms with van der Waals surface area (Å²) in [5, 5.41) is 16.5. The lowest BCUT2D eigenvalue weighted by Gasteiger charge is -2.24. The predicted octanol–water partition coefficient (Wildman–Crippen LogP) is 2.72. The number of aromatic nitrogens is 2. The van der Waals surface area contributed by atoms with E-state index < -0.39 is 6.10 Å². The van der Waals surface area contributed by atoms with E-state index in [1.165, 1.54) is 4.88 Å². The first kappa shape index (κ1) is 16.2. The number of ether oxygens (including phenoxy) is 1. The Balaban J connectivity index is 1.27. The van der Waals surface area contributed by atoms with Crippen LogP contribution in [-0.4, -0.2) is 45.9 Å². The van der Waals surface area contributed by atoms with E-state index in [4.69, 9.17) is 9.26 Å². The van der Waals surface area contributed by atoms with Gasteiger partial charge in [0.25, 0.3) is 0 Å². The second-order valence-electron chi connectivity index (χ2n) is 6.67.